The molecule has 3 nitrogen and oxygen atoms in total. The van der Waals surface area contributed by atoms with Crippen molar-refractivity contribution in [3.63, 3.8) is 0 Å². The molecule has 0 amide bonds. The van der Waals surface area contributed by atoms with Crippen molar-refractivity contribution in [3.8, 4) is 0 Å². The van der Waals surface area contributed by atoms with Crippen LogP contribution in [0, 0.1) is 5.82 Å². The molecule has 1 aliphatic heterocycles. The Morgan fingerprint density at radius 2 is 1.89 bits per heavy atom. The van der Waals surface area contributed by atoms with E-state index in [1.54, 1.807) is 6.07 Å². The summed E-state index contributed by atoms with van der Waals surface area (Å²) < 4.78 is 14.0. The predicted octanol–water partition coefficient (Wildman–Crippen LogP) is 3.48. The molecule has 1 aromatic rings. The zero-order valence-electron chi connectivity index (χ0n) is 10.6. The summed E-state index contributed by atoms with van der Waals surface area (Å²) in [6.45, 7) is 1.37. The van der Waals surface area contributed by atoms with Gasteiger partial charge in [0, 0.05) is 5.56 Å². The molecule has 1 aromatic carbocycles. The van der Waals surface area contributed by atoms with Gasteiger partial charge in [0.15, 0.2) is 0 Å². The van der Waals surface area contributed by atoms with Crippen LogP contribution in [0.3, 0.4) is 0 Å². The summed E-state index contributed by atoms with van der Waals surface area (Å²) >= 11 is 5.75. The monoisotopic (exact) mass is 285 g/mol. The van der Waals surface area contributed by atoms with Gasteiger partial charge in [-0.05, 0) is 32.0 Å². The van der Waals surface area contributed by atoms with Crippen LogP contribution in [0.4, 0.5) is 4.39 Å². The third kappa shape index (κ3) is 3.25. The zero-order chi connectivity index (χ0) is 13.8. The molecule has 0 spiro atoms. The van der Waals surface area contributed by atoms with Crippen LogP contribution in [0.5, 0.6) is 0 Å². The van der Waals surface area contributed by atoms with E-state index in [4.69, 9.17) is 11.6 Å². The highest BCUT2D eigenvalue weighted by atomic mass is 35.5. The van der Waals surface area contributed by atoms with Crippen LogP contribution in [0.2, 0.25) is 5.02 Å². The van der Waals surface area contributed by atoms with Gasteiger partial charge in [0.05, 0.1) is 5.02 Å². The van der Waals surface area contributed by atoms with Gasteiger partial charge in [0.25, 0.3) is 0 Å². The maximum absolute atomic E-state index is 14.0. The molecule has 5 heteroatoms. The summed E-state index contributed by atoms with van der Waals surface area (Å²) in [5.41, 5.74) is 0.155. The van der Waals surface area contributed by atoms with Crippen LogP contribution in [0.1, 0.15) is 37.3 Å². The van der Waals surface area contributed by atoms with E-state index in [9.17, 15) is 14.3 Å². The van der Waals surface area contributed by atoms with Crippen molar-refractivity contribution in [2.45, 2.75) is 31.7 Å². The van der Waals surface area contributed by atoms with Crippen LogP contribution in [-0.4, -0.2) is 29.1 Å². The molecular formula is C14H17ClFNO2. The lowest BCUT2D eigenvalue weighted by Gasteiger charge is -2.28. The fourth-order valence-electron chi connectivity index (χ4n) is 2.57. The molecule has 2 rings (SSSR count). The van der Waals surface area contributed by atoms with Gasteiger partial charge >= 0.3 is 5.97 Å². The lowest BCUT2D eigenvalue weighted by molar-refractivity contribution is -0.143. The number of likely N-dealkylation sites (tertiary alicyclic amines) is 1. The average Bonchev–Trinajstić information content (AvgIpc) is 2.63. The highest BCUT2D eigenvalue weighted by molar-refractivity contribution is 6.30. The molecule has 1 heterocycles. The molecule has 1 N–H and O–H groups in total. The van der Waals surface area contributed by atoms with Gasteiger partial charge < -0.3 is 5.11 Å². The van der Waals surface area contributed by atoms with Crippen molar-refractivity contribution in [3.05, 3.63) is 34.6 Å². The minimum atomic E-state index is -1.02. The Labute approximate surface area is 117 Å². The molecule has 0 aromatic heterocycles. The molecule has 0 bridgehead atoms. The lowest BCUT2D eigenvalue weighted by atomic mass is 10.0. The van der Waals surface area contributed by atoms with E-state index in [0.29, 0.717) is 13.1 Å². The van der Waals surface area contributed by atoms with E-state index < -0.39 is 17.8 Å². The van der Waals surface area contributed by atoms with E-state index in [1.807, 2.05) is 4.90 Å². The summed E-state index contributed by atoms with van der Waals surface area (Å²) in [5, 5.41) is 9.41. The van der Waals surface area contributed by atoms with Crippen molar-refractivity contribution in [2.75, 3.05) is 13.1 Å². The van der Waals surface area contributed by atoms with Crippen molar-refractivity contribution >= 4 is 17.6 Å². The second-order valence-electron chi connectivity index (χ2n) is 4.83. The number of hydrogen-bond acceptors (Lipinski definition) is 2. The predicted molar refractivity (Wildman–Crippen MR) is 71.8 cm³/mol. The lowest BCUT2D eigenvalue weighted by Crippen LogP contribution is -2.35. The first-order chi connectivity index (χ1) is 9.11. The molecule has 19 heavy (non-hydrogen) atoms. The Kier molecular flexibility index (Phi) is 4.77. The minimum absolute atomic E-state index is 0.0291. The third-order valence-electron chi connectivity index (χ3n) is 3.52. The van der Waals surface area contributed by atoms with Crippen LogP contribution in [0.15, 0.2) is 18.2 Å². The van der Waals surface area contributed by atoms with Crippen LogP contribution in [-0.2, 0) is 4.79 Å². The highest BCUT2D eigenvalue weighted by Crippen LogP contribution is 2.29. The van der Waals surface area contributed by atoms with E-state index in [1.165, 1.54) is 12.1 Å². The van der Waals surface area contributed by atoms with E-state index in [0.717, 1.165) is 25.7 Å². The second-order valence-corrected chi connectivity index (χ2v) is 5.24. The van der Waals surface area contributed by atoms with Gasteiger partial charge in [-0.1, -0.05) is 36.6 Å². The van der Waals surface area contributed by atoms with Crippen LogP contribution >= 0.6 is 11.6 Å². The Balaban J connectivity index is 2.33. The molecule has 104 valence electrons. The summed E-state index contributed by atoms with van der Waals surface area (Å²) in [5.74, 6) is -1.65. The van der Waals surface area contributed by atoms with E-state index in [-0.39, 0.29) is 10.6 Å². The Morgan fingerprint density at radius 1 is 1.26 bits per heavy atom. The first-order valence-corrected chi connectivity index (χ1v) is 6.90. The fourth-order valence-corrected chi connectivity index (χ4v) is 2.75. The Hall–Kier alpha value is -1.13. The number of aliphatic carboxylic acids is 1. The van der Waals surface area contributed by atoms with Crippen molar-refractivity contribution in [2.24, 2.45) is 0 Å². The molecule has 0 aliphatic carbocycles. The van der Waals surface area contributed by atoms with Crippen LogP contribution < -0.4 is 0 Å². The topological polar surface area (TPSA) is 40.5 Å². The van der Waals surface area contributed by atoms with E-state index >= 15 is 0 Å². The zero-order valence-corrected chi connectivity index (χ0v) is 11.4. The van der Waals surface area contributed by atoms with Crippen molar-refractivity contribution in [1.82, 2.24) is 4.90 Å². The van der Waals surface area contributed by atoms with Gasteiger partial charge in [-0.2, -0.15) is 0 Å². The van der Waals surface area contributed by atoms with Gasteiger partial charge in [0.2, 0.25) is 0 Å². The molecule has 0 radical (unpaired) electrons. The summed E-state index contributed by atoms with van der Waals surface area (Å²) in [4.78, 5) is 13.4. The largest absolute Gasteiger partial charge is 0.480 e. The Morgan fingerprint density at radius 3 is 2.47 bits per heavy atom. The number of carboxylic acid groups (broad SMARTS) is 1. The smallest absolute Gasteiger partial charge is 0.325 e. The van der Waals surface area contributed by atoms with Gasteiger partial charge in [-0.15, -0.1) is 0 Å². The number of carboxylic acids is 1. The normalized spacial score (nSPS) is 18.8. The summed E-state index contributed by atoms with van der Waals surface area (Å²) in [6.07, 6.45) is 4.10. The number of hydrogen-bond donors (Lipinski definition) is 1. The molecule has 1 unspecified atom stereocenters. The fraction of sp³-hybridized carbons (Fsp3) is 0.500. The van der Waals surface area contributed by atoms with Crippen molar-refractivity contribution < 1.29 is 14.3 Å². The molecule has 0 saturated carbocycles. The second kappa shape index (κ2) is 6.35. The average molecular weight is 286 g/mol. The van der Waals surface area contributed by atoms with Gasteiger partial charge in [-0.25, -0.2) is 4.39 Å². The number of nitrogens with zero attached hydrogens (tertiary/aromatic N) is 1. The first kappa shape index (κ1) is 14.3. The summed E-state index contributed by atoms with van der Waals surface area (Å²) in [7, 11) is 0. The third-order valence-corrected chi connectivity index (χ3v) is 3.81. The van der Waals surface area contributed by atoms with E-state index in [2.05, 4.69) is 0 Å². The standard InChI is InChI=1S/C14H17ClFNO2/c15-11-7-5-6-10(12(11)16)13(14(18)19)17-8-3-1-2-4-9-17/h5-7,13H,1-4,8-9H2,(H,18,19). The SMILES string of the molecule is O=C(O)C(c1cccc(Cl)c1F)N1CCCCCC1. The Bertz CT molecular complexity index is 459. The molecular weight excluding hydrogens is 269 g/mol. The quantitative estimate of drug-likeness (QED) is 0.924. The number of rotatable bonds is 3. The maximum Gasteiger partial charge on any atom is 0.325 e. The maximum atomic E-state index is 14.0. The number of halogens is 2. The molecule has 1 aliphatic rings. The van der Waals surface area contributed by atoms with Crippen LogP contribution in [0.25, 0.3) is 0 Å². The molecule has 1 fully saturated rings. The van der Waals surface area contributed by atoms with Gasteiger partial charge in [-0.3, -0.25) is 9.69 Å². The minimum Gasteiger partial charge on any atom is -0.480 e. The highest BCUT2D eigenvalue weighted by Gasteiger charge is 2.30. The van der Waals surface area contributed by atoms with Crippen molar-refractivity contribution in [1.29, 1.82) is 0 Å². The number of carbonyl (C=O) groups is 1. The van der Waals surface area contributed by atoms with Gasteiger partial charge in [0.1, 0.15) is 11.9 Å². The summed E-state index contributed by atoms with van der Waals surface area (Å²) in [6, 6.07) is 3.58. The number of benzene rings is 1. The molecule has 1 saturated heterocycles. The molecule has 1 atom stereocenters. The first-order valence-electron chi connectivity index (χ1n) is 6.52.